The first-order valence-corrected chi connectivity index (χ1v) is 8.43. The first-order chi connectivity index (χ1) is 11.6. The second kappa shape index (κ2) is 5.81. The van der Waals surface area contributed by atoms with E-state index in [0.717, 1.165) is 11.0 Å². The van der Waals surface area contributed by atoms with Crippen molar-refractivity contribution in [3.63, 3.8) is 0 Å². The normalized spacial score (nSPS) is 11.1. The molecule has 1 aromatic carbocycles. The van der Waals surface area contributed by atoms with Crippen LogP contribution in [0.15, 0.2) is 52.4 Å². The van der Waals surface area contributed by atoms with Crippen molar-refractivity contribution in [2.24, 2.45) is 7.05 Å². The van der Waals surface area contributed by atoms with E-state index in [-0.39, 0.29) is 5.91 Å². The van der Waals surface area contributed by atoms with Crippen LogP contribution in [0.5, 0.6) is 0 Å². The summed E-state index contributed by atoms with van der Waals surface area (Å²) in [6.45, 7) is 0. The molecule has 5 nitrogen and oxygen atoms in total. The molecule has 0 fully saturated rings. The van der Waals surface area contributed by atoms with Gasteiger partial charge in [-0.05, 0) is 18.2 Å². The molecule has 120 valence electrons. The number of carbonyl (C=O) groups excluding carboxylic acids is 1. The van der Waals surface area contributed by atoms with E-state index in [4.69, 9.17) is 16.0 Å². The van der Waals surface area contributed by atoms with Crippen LogP contribution in [-0.4, -0.2) is 15.5 Å². The highest BCUT2D eigenvalue weighted by molar-refractivity contribution is 7.14. The van der Waals surface area contributed by atoms with E-state index in [0.29, 0.717) is 27.3 Å². The Balaban J connectivity index is 1.58. The van der Waals surface area contributed by atoms with Gasteiger partial charge in [0.25, 0.3) is 5.91 Å². The van der Waals surface area contributed by atoms with Gasteiger partial charge in [0.05, 0.1) is 5.02 Å². The number of carbonyl (C=O) groups is 1. The van der Waals surface area contributed by atoms with Crippen LogP contribution in [0.4, 0.5) is 5.13 Å². The number of furan rings is 1. The van der Waals surface area contributed by atoms with Crippen molar-refractivity contribution in [1.29, 1.82) is 0 Å². The number of para-hydroxylation sites is 1. The number of rotatable bonds is 3. The van der Waals surface area contributed by atoms with E-state index in [9.17, 15) is 4.79 Å². The number of anilines is 1. The molecule has 3 aromatic heterocycles. The minimum Gasteiger partial charge on any atom is -0.454 e. The average Bonchev–Trinajstić information content (AvgIpc) is 3.24. The van der Waals surface area contributed by atoms with Gasteiger partial charge in [0.15, 0.2) is 10.9 Å². The highest BCUT2D eigenvalue weighted by Gasteiger charge is 2.15. The number of aryl methyl sites for hydroxylation is 1. The van der Waals surface area contributed by atoms with Crippen LogP contribution >= 0.6 is 22.9 Å². The van der Waals surface area contributed by atoms with Crippen molar-refractivity contribution in [2.75, 3.05) is 5.32 Å². The zero-order valence-corrected chi connectivity index (χ0v) is 14.2. The van der Waals surface area contributed by atoms with Crippen LogP contribution in [0.2, 0.25) is 5.02 Å². The monoisotopic (exact) mass is 357 g/mol. The first kappa shape index (κ1) is 15.0. The number of thiazole rings is 1. The number of aromatic nitrogens is 2. The Morgan fingerprint density at radius 3 is 2.92 bits per heavy atom. The van der Waals surface area contributed by atoms with Crippen molar-refractivity contribution >= 4 is 44.9 Å². The van der Waals surface area contributed by atoms with Crippen LogP contribution in [-0.2, 0) is 7.05 Å². The molecule has 0 bridgehead atoms. The molecule has 4 rings (SSSR count). The third-order valence-electron chi connectivity index (χ3n) is 3.61. The molecule has 0 aliphatic heterocycles. The van der Waals surface area contributed by atoms with Crippen LogP contribution in [0.25, 0.3) is 22.4 Å². The molecule has 24 heavy (non-hydrogen) atoms. The number of hydrogen-bond acceptors (Lipinski definition) is 4. The van der Waals surface area contributed by atoms with Crippen molar-refractivity contribution in [2.45, 2.75) is 0 Å². The lowest BCUT2D eigenvalue weighted by molar-refractivity contribution is 0.101. The average molecular weight is 358 g/mol. The third-order valence-corrected chi connectivity index (χ3v) is 4.57. The summed E-state index contributed by atoms with van der Waals surface area (Å²) < 4.78 is 7.46. The number of fused-ring (bicyclic) bond motifs is 1. The summed E-state index contributed by atoms with van der Waals surface area (Å²) in [6.07, 6.45) is 1.68. The molecule has 1 amide bonds. The second-order valence-electron chi connectivity index (χ2n) is 5.29. The fourth-order valence-corrected chi connectivity index (χ4v) is 3.41. The minimum atomic E-state index is -0.255. The minimum absolute atomic E-state index is 0.255. The zero-order valence-electron chi connectivity index (χ0n) is 12.6. The van der Waals surface area contributed by atoms with Crippen LogP contribution < -0.4 is 5.32 Å². The zero-order chi connectivity index (χ0) is 16.7. The lowest BCUT2D eigenvalue weighted by atomic mass is 10.2. The van der Waals surface area contributed by atoms with E-state index >= 15 is 0 Å². The summed E-state index contributed by atoms with van der Waals surface area (Å²) in [5.74, 6) is 0.421. The van der Waals surface area contributed by atoms with Crippen LogP contribution in [0, 0.1) is 0 Å². The molecular formula is C17H12ClN3O2S. The van der Waals surface area contributed by atoms with Crippen molar-refractivity contribution in [3.05, 3.63) is 58.7 Å². The van der Waals surface area contributed by atoms with E-state index in [2.05, 4.69) is 10.3 Å². The van der Waals surface area contributed by atoms with Gasteiger partial charge in [-0.15, -0.1) is 11.3 Å². The maximum Gasteiger partial charge on any atom is 0.274 e. The van der Waals surface area contributed by atoms with Gasteiger partial charge in [-0.3, -0.25) is 10.1 Å². The fourth-order valence-electron chi connectivity index (χ4n) is 2.46. The molecule has 0 spiro atoms. The lowest BCUT2D eigenvalue weighted by Crippen LogP contribution is -2.15. The number of hydrogen-bond donors (Lipinski definition) is 1. The summed E-state index contributed by atoms with van der Waals surface area (Å²) in [5.41, 5.74) is 1.97. The Morgan fingerprint density at radius 1 is 1.33 bits per heavy atom. The van der Waals surface area contributed by atoms with E-state index in [1.807, 2.05) is 35.7 Å². The maximum absolute atomic E-state index is 12.3. The molecule has 0 saturated heterocycles. The second-order valence-corrected chi connectivity index (χ2v) is 6.59. The van der Waals surface area contributed by atoms with Gasteiger partial charge < -0.3 is 8.98 Å². The molecule has 0 aliphatic carbocycles. The largest absolute Gasteiger partial charge is 0.454 e. The summed E-state index contributed by atoms with van der Waals surface area (Å²) >= 11 is 7.25. The standard InChI is InChI=1S/C17H12ClN3O2S/c1-21-8-11(18)7-13(21)16(22)20-17-19-12(9-24-17)15-6-10-4-2-3-5-14(10)23-15/h2-9H,1H3,(H,19,20,22). The highest BCUT2D eigenvalue weighted by Crippen LogP contribution is 2.30. The van der Waals surface area contributed by atoms with Gasteiger partial charge in [-0.25, -0.2) is 4.98 Å². The molecule has 0 aliphatic rings. The van der Waals surface area contributed by atoms with Crippen LogP contribution in [0.1, 0.15) is 10.5 Å². The molecule has 4 aromatic rings. The predicted molar refractivity (Wildman–Crippen MR) is 95.7 cm³/mol. The topological polar surface area (TPSA) is 60.1 Å². The first-order valence-electron chi connectivity index (χ1n) is 7.18. The third kappa shape index (κ3) is 2.70. The van der Waals surface area contributed by atoms with Gasteiger partial charge in [0.1, 0.15) is 17.0 Å². The Morgan fingerprint density at radius 2 is 2.17 bits per heavy atom. The quantitative estimate of drug-likeness (QED) is 0.573. The molecule has 1 N–H and O–H groups in total. The lowest BCUT2D eigenvalue weighted by Gasteiger charge is -2.02. The van der Waals surface area contributed by atoms with Crippen molar-refractivity contribution in [1.82, 2.24) is 9.55 Å². The van der Waals surface area contributed by atoms with E-state index < -0.39 is 0 Å². The molecule has 0 radical (unpaired) electrons. The van der Waals surface area contributed by atoms with E-state index in [1.54, 1.807) is 23.9 Å². The molecule has 0 saturated carbocycles. The van der Waals surface area contributed by atoms with Gasteiger partial charge in [0, 0.05) is 24.0 Å². The maximum atomic E-state index is 12.3. The summed E-state index contributed by atoms with van der Waals surface area (Å²) in [5, 5.41) is 6.68. The van der Waals surface area contributed by atoms with Crippen LogP contribution in [0.3, 0.4) is 0 Å². The molecule has 7 heteroatoms. The molecule has 3 heterocycles. The Hall–Kier alpha value is -2.57. The van der Waals surface area contributed by atoms with E-state index in [1.165, 1.54) is 11.3 Å². The summed E-state index contributed by atoms with van der Waals surface area (Å²) in [4.78, 5) is 16.7. The predicted octanol–water partition coefficient (Wildman–Crippen LogP) is 4.80. The van der Waals surface area contributed by atoms with Gasteiger partial charge >= 0.3 is 0 Å². The van der Waals surface area contributed by atoms with Gasteiger partial charge in [0.2, 0.25) is 0 Å². The Bertz CT molecular complexity index is 1010. The molecule has 0 atom stereocenters. The Labute approximate surface area is 146 Å². The van der Waals surface area contributed by atoms with Gasteiger partial charge in [-0.1, -0.05) is 29.8 Å². The highest BCUT2D eigenvalue weighted by atomic mass is 35.5. The Kier molecular flexibility index (Phi) is 3.63. The molecular weight excluding hydrogens is 346 g/mol. The smallest absolute Gasteiger partial charge is 0.274 e. The number of nitrogens with one attached hydrogen (secondary N) is 1. The summed E-state index contributed by atoms with van der Waals surface area (Å²) in [7, 11) is 1.77. The van der Waals surface area contributed by atoms with Gasteiger partial charge in [-0.2, -0.15) is 0 Å². The fraction of sp³-hybridized carbons (Fsp3) is 0.0588. The van der Waals surface area contributed by atoms with Crippen molar-refractivity contribution < 1.29 is 9.21 Å². The number of halogens is 1. The molecule has 0 unspecified atom stereocenters. The SMILES string of the molecule is Cn1cc(Cl)cc1C(=O)Nc1nc(-c2cc3ccccc3o2)cs1. The number of amides is 1. The number of nitrogens with zero attached hydrogens (tertiary/aromatic N) is 2. The van der Waals surface area contributed by atoms with Crippen molar-refractivity contribution in [3.8, 4) is 11.5 Å². The number of benzene rings is 1. The summed E-state index contributed by atoms with van der Waals surface area (Å²) in [6, 6.07) is 11.3.